The van der Waals surface area contributed by atoms with Gasteiger partial charge in [0.1, 0.15) is 29.0 Å². The molecule has 1 aromatic heterocycles. The van der Waals surface area contributed by atoms with Crippen molar-refractivity contribution < 1.29 is 96.7 Å². The Hall–Kier alpha value is -4.63. The Kier molecular flexibility index (Phi) is 9.14. The molecule has 0 radical (unpaired) electrons. The van der Waals surface area contributed by atoms with Gasteiger partial charge >= 0.3 is 41.8 Å². The summed E-state index contributed by atoms with van der Waals surface area (Å²) in [5.41, 5.74) is -22.9. The number of esters is 7. The molecule has 59 heavy (non-hydrogen) atoms. The predicted molar refractivity (Wildman–Crippen MR) is 186 cm³/mol. The number of hydrogen-bond acceptors (Lipinski definition) is 20. The average molecular weight is 837 g/mol. The van der Waals surface area contributed by atoms with Crippen molar-refractivity contribution in [2.75, 3.05) is 7.11 Å². The van der Waals surface area contributed by atoms with E-state index in [0.717, 1.165) is 48.0 Å². The van der Waals surface area contributed by atoms with Gasteiger partial charge in [-0.25, -0.2) is 9.59 Å². The van der Waals surface area contributed by atoms with E-state index in [-0.39, 0.29) is 5.56 Å². The van der Waals surface area contributed by atoms with Crippen LogP contribution in [0.25, 0.3) is 0 Å². The first-order valence-electron chi connectivity index (χ1n) is 19.0. The van der Waals surface area contributed by atoms with Crippen molar-refractivity contribution in [3.63, 3.8) is 0 Å². The highest BCUT2D eigenvalue weighted by Gasteiger charge is 3.07. The zero-order valence-electron chi connectivity index (χ0n) is 33.7. The predicted octanol–water partition coefficient (Wildman–Crippen LogP) is -0.920. The molecule has 1 aliphatic heterocycles. The van der Waals surface area contributed by atoms with E-state index in [2.05, 4.69) is 0 Å². The fourth-order valence-electron chi connectivity index (χ4n) is 12.9. The fourth-order valence-corrected chi connectivity index (χ4v) is 12.9. The Morgan fingerprint density at radius 3 is 1.92 bits per heavy atom. The van der Waals surface area contributed by atoms with Gasteiger partial charge in [-0.2, -0.15) is 0 Å². The van der Waals surface area contributed by atoms with E-state index in [1.807, 2.05) is 0 Å². The van der Waals surface area contributed by atoms with Gasteiger partial charge in [0.15, 0.2) is 30.0 Å². The first-order valence-corrected chi connectivity index (χ1v) is 19.0. The third-order valence-electron chi connectivity index (χ3n) is 14.6. The molecule has 6 aliphatic rings. The van der Waals surface area contributed by atoms with Crippen molar-refractivity contribution >= 4 is 41.8 Å². The summed E-state index contributed by atoms with van der Waals surface area (Å²) in [6, 6.07) is 1.33. The number of aliphatic hydroxyl groups is 5. The maximum atomic E-state index is 14.2. The van der Waals surface area contributed by atoms with E-state index in [1.165, 1.54) is 33.1 Å². The molecule has 5 aliphatic carbocycles. The minimum absolute atomic E-state index is 0.0111. The molecule has 0 amide bonds. The van der Waals surface area contributed by atoms with Gasteiger partial charge in [-0.05, 0) is 18.9 Å². The van der Waals surface area contributed by atoms with Crippen LogP contribution < -0.4 is 0 Å². The fraction of sp³-hybridized carbons (Fsp3) is 0.718. The van der Waals surface area contributed by atoms with Crippen LogP contribution in [-0.4, -0.2) is 133 Å². The molecular formula is C39H48O20. The molecular weight excluding hydrogens is 788 g/mol. The van der Waals surface area contributed by atoms with Crippen LogP contribution in [0.15, 0.2) is 23.0 Å². The number of ether oxygens (including phenoxy) is 7. The van der Waals surface area contributed by atoms with Crippen LogP contribution in [0.4, 0.5) is 0 Å². The lowest BCUT2D eigenvalue weighted by atomic mass is 9.33. The maximum Gasteiger partial charge on any atom is 0.347 e. The smallest absolute Gasteiger partial charge is 0.347 e. The Balaban J connectivity index is 1.67. The number of carbonyl (C=O) groups excluding carboxylic acids is 7. The van der Waals surface area contributed by atoms with Gasteiger partial charge < -0.3 is 63.1 Å². The summed E-state index contributed by atoms with van der Waals surface area (Å²) in [7, 11) is 0.933. The lowest BCUT2D eigenvalue weighted by molar-refractivity contribution is -0.467. The van der Waals surface area contributed by atoms with Crippen molar-refractivity contribution in [2.24, 2.45) is 33.5 Å². The molecule has 20 heteroatoms. The number of fused-ring (bicyclic) bond motifs is 3. The van der Waals surface area contributed by atoms with E-state index in [9.17, 15) is 59.1 Å². The maximum absolute atomic E-state index is 14.2. The molecule has 1 spiro atoms. The molecule has 5 saturated carbocycles. The highest BCUT2D eigenvalue weighted by Crippen LogP contribution is 2.91. The van der Waals surface area contributed by atoms with E-state index < -0.39 is 153 Å². The van der Waals surface area contributed by atoms with Crippen molar-refractivity contribution in [3.05, 3.63) is 24.2 Å². The molecule has 3 unspecified atom stereocenters. The summed E-state index contributed by atoms with van der Waals surface area (Å²) in [4.78, 5) is 94.1. The summed E-state index contributed by atoms with van der Waals surface area (Å²) in [6.45, 7) is 9.06. The highest BCUT2D eigenvalue weighted by atomic mass is 16.6. The number of aliphatic hydroxyl groups excluding tert-OH is 1. The van der Waals surface area contributed by atoms with Crippen LogP contribution in [0.3, 0.4) is 0 Å². The molecule has 2 bridgehead atoms. The first kappa shape index (κ1) is 42.5. The van der Waals surface area contributed by atoms with Crippen LogP contribution >= 0.6 is 0 Å². The number of methoxy groups -OCH3 is 1. The molecule has 0 aromatic carbocycles. The molecule has 5 N–H and O–H groups in total. The third-order valence-corrected chi connectivity index (χ3v) is 14.6. The summed E-state index contributed by atoms with van der Waals surface area (Å²) in [5.74, 6) is -10.9. The van der Waals surface area contributed by atoms with Gasteiger partial charge in [0.05, 0.1) is 36.4 Å². The van der Waals surface area contributed by atoms with Gasteiger partial charge in [0.25, 0.3) is 0 Å². The van der Waals surface area contributed by atoms with E-state index in [0.29, 0.717) is 0 Å². The Morgan fingerprint density at radius 2 is 1.41 bits per heavy atom. The second kappa shape index (κ2) is 12.7. The van der Waals surface area contributed by atoms with Crippen LogP contribution in [0.5, 0.6) is 0 Å². The topological polar surface area (TPSA) is 298 Å². The summed E-state index contributed by atoms with van der Waals surface area (Å²) >= 11 is 0. The SMILES string of the molecule is COC(=O)[C@H](OC(C)=O)[C@@H]1C2(C)C3(O)C[C@@]1(C)[C@H](OC(C)=O)C3(O)[C@H]1OC(=O)[C@@H](O)[C@]34C[C@@]3([C@H](OC(=O)C(C)C)c3ccoc3)[C@@H](OC(C)=O)[C@@H](OC(C)=O)[C@@]2(O)[C@]14O. The first-order chi connectivity index (χ1) is 27.2. The van der Waals surface area contributed by atoms with Gasteiger partial charge in [-0.15, -0.1) is 0 Å². The third kappa shape index (κ3) is 4.53. The van der Waals surface area contributed by atoms with Crippen molar-refractivity contribution in [1.29, 1.82) is 0 Å². The number of furan rings is 1. The quantitative estimate of drug-likeness (QED) is 0.141. The van der Waals surface area contributed by atoms with Gasteiger partial charge in [0, 0.05) is 50.0 Å². The zero-order valence-corrected chi connectivity index (χ0v) is 33.7. The summed E-state index contributed by atoms with van der Waals surface area (Å²) < 4.78 is 45.4. The summed E-state index contributed by atoms with van der Waals surface area (Å²) in [5, 5.41) is 67.4. The molecule has 20 nitrogen and oxygen atoms in total. The second-order valence-electron chi connectivity index (χ2n) is 17.6. The van der Waals surface area contributed by atoms with E-state index >= 15 is 0 Å². The molecule has 2 heterocycles. The lowest BCUT2D eigenvalue weighted by Gasteiger charge is -2.77. The van der Waals surface area contributed by atoms with Crippen molar-refractivity contribution in [1.82, 2.24) is 0 Å². The van der Waals surface area contributed by atoms with E-state index in [4.69, 9.17) is 37.6 Å². The van der Waals surface area contributed by atoms with Crippen LogP contribution in [-0.2, 0) is 66.7 Å². The van der Waals surface area contributed by atoms with Gasteiger partial charge in [-0.1, -0.05) is 27.7 Å². The Labute approximate surface area is 336 Å². The normalized spacial score (nSPS) is 45.4. The number of rotatable bonds is 10. The van der Waals surface area contributed by atoms with Crippen molar-refractivity contribution in [2.45, 2.75) is 133 Å². The van der Waals surface area contributed by atoms with Gasteiger partial charge in [0.2, 0.25) is 6.10 Å². The molecule has 1 saturated heterocycles. The average Bonchev–Trinajstić information content (AvgIpc) is 3.35. The Morgan fingerprint density at radius 1 is 0.814 bits per heavy atom. The van der Waals surface area contributed by atoms with Crippen LogP contribution in [0.2, 0.25) is 0 Å². The molecule has 6 fully saturated rings. The lowest BCUT2D eigenvalue weighted by Crippen LogP contribution is -2.99. The van der Waals surface area contributed by atoms with E-state index in [1.54, 1.807) is 0 Å². The highest BCUT2D eigenvalue weighted by molar-refractivity contribution is 5.83. The zero-order chi connectivity index (χ0) is 44.0. The number of hydrogen-bond donors (Lipinski definition) is 5. The molecule has 1 aromatic rings. The monoisotopic (exact) mass is 836 g/mol. The van der Waals surface area contributed by atoms with Crippen LogP contribution in [0, 0.1) is 33.5 Å². The van der Waals surface area contributed by atoms with Crippen molar-refractivity contribution in [3.8, 4) is 0 Å². The number of carbonyl (C=O) groups is 7. The molecule has 324 valence electrons. The van der Waals surface area contributed by atoms with Gasteiger partial charge in [-0.3, -0.25) is 24.0 Å². The molecule has 7 rings (SSSR count). The standard InChI is InChI=1S/C39H48O20/c1-15(2)27(45)58-24(20-10-11-53-12-20)34-14-35(34)23(44)29(47)59-31-37(49)30(57-19(6)43)32(7)13-36(37,48)33(8,22(32)21(28(46)52-9)54-16(3)40)38(50,39(31,35)51)26(56-18(5)42)25(34)55-17(4)41/h10-12,15,21-26,30-31,44,48-51H,13-14H2,1-9H3/t21-,22+,23-,24-,25+,26-,30+,31-,32-,33?,34-,35-,36?,37?,38+,39+/m1/s1. The molecule has 16 atom stereocenters. The largest absolute Gasteiger partial charge is 0.472 e. The Bertz CT molecular complexity index is 2030. The van der Waals surface area contributed by atoms with Crippen LogP contribution in [0.1, 0.15) is 79.9 Å². The summed E-state index contributed by atoms with van der Waals surface area (Å²) in [6.07, 6.45) is -15.0. The second-order valence-corrected chi connectivity index (χ2v) is 17.6. The minimum Gasteiger partial charge on any atom is -0.472 e. The minimum atomic E-state index is -3.47.